The molecule has 0 saturated carbocycles. The summed E-state index contributed by atoms with van der Waals surface area (Å²) >= 11 is 0. The van der Waals surface area contributed by atoms with Crippen molar-refractivity contribution in [1.29, 1.82) is 0 Å². The fourth-order valence-corrected chi connectivity index (χ4v) is 1.79. The number of methoxy groups -OCH3 is 1. The summed E-state index contributed by atoms with van der Waals surface area (Å²) in [4.78, 5) is 24.5. The number of nitrogens with zero attached hydrogens (tertiary/aromatic N) is 1. The number of benzene rings is 1. The molecule has 1 N–H and O–H groups in total. The molecule has 0 aliphatic carbocycles. The minimum Gasteiger partial charge on any atom is -0.469 e. The lowest BCUT2D eigenvalue weighted by Gasteiger charge is -2.19. The molecule has 21 heavy (non-hydrogen) atoms. The van der Waals surface area contributed by atoms with Crippen molar-refractivity contribution in [2.45, 2.75) is 12.8 Å². The SMILES string of the molecule is COC(=O)CCC(=O)N(C/C=C/c1ccccc1)CCO. The molecule has 0 saturated heterocycles. The van der Waals surface area contributed by atoms with E-state index in [9.17, 15) is 9.59 Å². The normalized spacial score (nSPS) is 10.6. The summed E-state index contributed by atoms with van der Waals surface area (Å²) in [6.07, 6.45) is 3.92. The molecule has 0 spiro atoms. The van der Waals surface area contributed by atoms with Crippen molar-refractivity contribution in [3.8, 4) is 0 Å². The Balaban J connectivity index is 2.50. The van der Waals surface area contributed by atoms with Gasteiger partial charge in [-0.25, -0.2) is 0 Å². The molecule has 0 aliphatic rings. The minimum absolute atomic E-state index is 0.0552. The highest BCUT2D eigenvalue weighted by Gasteiger charge is 2.13. The third-order valence-corrected chi connectivity index (χ3v) is 2.93. The third-order valence-electron chi connectivity index (χ3n) is 2.93. The summed E-state index contributed by atoms with van der Waals surface area (Å²) in [6, 6.07) is 9.74. The average molecular weight is 291 g/mol. The van der Waals surface area contributed by atoms with E-state index in [1.165, 1.54) is 12.0 Å². The van der Waals surface area contributed by atoms with Crippen LogP contribution in [0.3, 0.4) is 0 Å². The van der Waals surface area contributed by atoms with Crippen LogP contribution >= 0.6 is 0 Å². The van der Waals surface area contributed by atoms with Crippen LogP contribution in [0.5, 0.6) is 0 Å². The van der Waals surface area contributed by atoms with Crippen molar-refractivity contribution in [3.63, 3.8) is 0 Å². The van der Waals surface area contributed by atoms with Gasteiger partial charge in [-0.15, -0.1) is 0 Å². The average Bonchev–Trinajstić information content (AvgIpc) is 2.52. The van der Waals surface area contributed by atoms with Crippen LogP contribution in [0.2, 0.25) is 0 Å². The van der Waals surface area contributed by atoms with E-state index in [1.807, 2.05) is 42.5 Å². The molecule has 114 valence electrons. The molecule has 0 radical (unpaired) electrons. The van der Waals surface area contributed by atoms with Crippen LogP contribution in [0.4, 0.5) is 0 Å². The van der Waals surface area contributed by atoms with Crippen molar-refractivity contribution in [3.05, 3.63) is 42.0 Å². The maximum atomic E-state index is 12.0. The molecule has 5 nitrogen and oxygen atoms in total. The number of carbonyl (C=O) groups excluding carboxylic acids is 2. The summed E-state index contributed by atoms with van der Waals surface area (Å²) < 4.78 is 4.51. The van der Waals surface area contributed by atoms with Gasteiger partial charge in [-0.05, 0) is 5.56 Å². The lowest BCUT2D eigenvalue weighted by Crippen LogP contribution is -2.34. The highest BCUT2D eigenvalue weighted by Crippen LogP contribution is 2.03. The number of rotatable bonds is 8. The first-order valence-electron chi connectivity index (χ1n) is 6.84. The number of hydrogen-bond donors (Lipinski definition) is 1. The Morgan fingerprint density at radius 2 is 1.95 bits per heavy atom. The van der Waals surface area contributed by atoms with Gasteiger partial charge < -0.3 is 14.7 Å². The van der Waals surface area contributed by atoms with Crippen LogP contribution in [-0.4, -0.2) is 48.7 Å². The van der Waals surface area contributed by atoms with Gasteiger partial charge in [0.05, 0.1) is 20.1 Å². The monoisotopic (exact) mass is 291 g/mol. The number of ether oxygens (including phenoxy) is 1. The molecule has 0 heterocycles. The molecule has 0 bridgehead atoms. The Labute approximate surface area is 124 Å². The van der Waals surface area contributed by atoms with Crippen molar-refractivity contribution >= 4 is 18.0 Å². The number of amides is 1. The van der Waals surface area contributed by atoms with Crippen LogP contribution in [0.1, 0.15) is 18.4 Å². The minimum atomic E-state index is -0.410. The molecule has 1 aromatic rings. The Morgan fingerprint density at radius 3 is 2.57 bits per heavy atom. The van der Waals surface area contributed by atoms with Crippen LogP contribution in [-0.2, 0) is 14.3 Å². The first-order valence-corrected chi connectivity index (χ1v) is 6.84. The van der Waals surface area contributed by atoms with Crippen LogP contribution in [0.15, 0.2) is 36.4 Å². The zero-order valence-corrected chi connectivity index (χ0v) is 12.2. The van der Waals surface area contributed by atoms with Crippen molar-refractivity contribution < 1.29 is 19.4 Å². The molecule has 0 fully saturated rings. The first kappa shape index (κ1) is 16.9. The van der Waals surface area contributed by atoms with Crippen LogP contribution < -0.4 is 0 Å². The predicted octanol–water partition coefficient (Wildman–Crippen LogP) is 1.47. The second-order valence-corrected chi connectivity index (χ2v) is 4.45. The standard InChI is InChI=1S/C16H21NO4/c1-21-16(20)10-9-15(19)17(12-13-18)11-5-8-14-6-3-2-4-7-14/h2-8,18H,9-13H2,1H3/b8-5+. The van der Waals surface area contributed by atoms with E-state index < -0.39 is 5.97 Å². The van der Waals surface area contributed by atoms with Gasteiger partial charge in [0.25, 0.3) is 0 Å². The summed E-state index contributed by atoms with van der Waals surface area (Å²) in [5.41, 5.74) is 1.04. The Bertz CT molecular complexity index is 470. The molecule has 0 aliphatic heterocycles. The number of carbonyl (C=O) groups is 2. The molecule has 1 rings (SSSR count). The molecule has 5 heteroatoms. The number of aliphatic hydroxyl groups is 1. The van der Waals surface area contributed by atoms with E-state index in [0.717, 1.165) is 5.56 Å². The van der Waals surface area contributed by atoms with E-state index in [4.69, 9.17) is 5.11 Å². The fraction of sp³-hybridized carbons (Fsp3) is 0.375. The van der Waals surface area contributed by atoms with Gasteiger partial charge >= 0.3 is 5.97 Å². The fourth-order valence-electron chi connectivity index (χ4n) is 1.79. The third kappa shape index (κ3) is 6.72. The van der Waals surface area contributed by atoms with E-state index in [1.54, 1.807) is 0 Å². The molecule has 1 amide bonds. The molecular weight excluding hydrogens is 270 g/mol. The van der Waals surface area contributed by atoms with Crippen molar-refractivity contribution in [2.75, 3.05) is 26.8 Å². The smallest absolute Gasteiger partial charge is 0.306 e. The van der Waals surface area contributed by atoms with Crippen LogP contribution in [0.25, 0.3) is 6.08 Å². The second kappa shape index (κ2) is 9.72. The molecule has 1 aromatic carbocycles. The largest absolute Gasteiger partial charge is 0.469 e. The maximum Gasteiger partial charge on any atom is 0.306 e. The highest BCUT2D eigenvalue weighted by atomic mass is 16.5. The number of hydrogen-bond acceptors (Lipinski definition) is 4. The maximum absolute atomic E-state index is 12.0. The zero-order chi connectivity index (χ0) is 15.5. The Hall–Kier alpha value is -2.14. The summed E-state index contributed by atoms with van der Waals surface area (Å²) in [5.74, 6) is -0.584. The first-order chi connectivity index (χ1) is 10.2. The Morgan fingerprint density at radius 1 is 1.24 bits per heavy atom. The predicted molar refractivity (Wildman–Crippen MR) is 80.4 cm³/mol. The van der Waals surface area contributed by atoms with Gasteiger partial charge in [0.2, 0.25) is 5.91 Å². The van der Waals surface area contributed by atoms with Gasteiger partial charge in [0, 0.05) is 19.5 Å². The molecular formula is C16H21NO4. The highest BCUT2D eigenvalue weighted by molar-refractivity contribution is 5.81. The summed E-state index contributed by atoms with van der Waals surface area (Å²) in [5, 5.41) is 9.02. The number of esters is 1. The van der Waals surface area contributed by atoms with E-state index in [0.29, 0.717) is 6.54 Å². The quantitative estimate of drug-likeness (QED) is 0.737. The summed E-state index contributed by atoms with van der Waals surface area (Å²) in [7, 11) is 1.29. The topological polar surface area (TPSA) is 66.8 Å². The van der Waals surface area contributed by atoms with Crippen molar-refractivity contribution in [1.82, 2.24) is 4.90 Å². The van der Waals surface area contributed by atoms with Gasteiger partial charge in [-0.2, -0.15) is 0 Å². The summed E-state index contributed by atoms with van der Waals surface area (Å²) in [6.45, 7) is 0.539. The van der Waals surface area contributed by atoms with Gasteiger partial charge in [0.1, 0.15) is 0 Å². The number of aliphatic hydroxyl groups excluding tert-OH is 1. The molecule has 0 atom stereocenters. The molecule has 0 aromatic heterocycles. The lowest BCUT2D eigenvalue weighted by atomic mass is 10.2. The van der Waals surface area contributed by atoms with Crippen molar-refractivity contribution in [2.24, 2.45) is 0 Å². The zero-order valence-electron chi connectivity index (χ0n) is 12.2. The van der Waals surface area contributed by atoms with E-state index in [-0.39, 0.29) is 31.9 Å². The second-order valence-electron chi connectivity index (χ2n) is 4.45. The van der Waals surface area contributed by atoms with Gasteiger partial charge in [-0.3, -0.25) is 9.59 Å². The van der Waals surface area contributed by atoms with E-state index in [2.05, 4.69) is 4.74 Å². The molecule has 0 unspecified atom stereocenters. The van der Waals surface area contributed by atoms with Gasteiger partial charge in [-0.1, -0.05) is 42.5 Å². The lowest BCUT2D eigenvalue weighted by molar-refractivity contribution is -0.143. The van der Waals surface area contributed by atoms with Crippen LogP contribution in [0, 0.1) is 0 Å². The van der Waals surface area contributed by atoms with E-state index >= 15 is 0 Å². The van der Waals surface area contributed by atoms with Gasteiger partial charge in [0.15, 0.2) is 0 Å². The Kier molecular flexibility index (Phi) is 7.82.